The fourth-order valence-corrected chi connectivity index (χ4v) is 3.28. The van der Waals surface area contributed by atoms with E-state index >= 15 is 0 Å². The molecule has 0 aliphatic carbocycles. The Morgan fingerprint density at radius 2 is 2.44 bits per heavy atom. The van der Waals surface area contributed by atoms with Crippen LogP contribution in [-0.2, 0) is 6.42 Å². The number of rotatable bonds is 4. The molecule has 0 spiro atoms. The molecule has 0 amide bonds. The summed E-state index contributed by atoms with van der Waals surface area (Å²) in [4.78, 5) is 7.21. The lowest BCUT2D eigenvalue weighted by Crippen LogP contribution is -2.29. The Kier molecular flexibility index (Phi) is 4.32. The van der Waals surface area contributed by atoms with Crippen LogP contribution in [0.2, 0.25) is 0 Å². The van der Waals surface area contributed by atoms with E-state index in [1.54, 1.807) is 0 Å². The number of hydrogen-bond donors (Lipinski definition) is 1. The van der Waals surface area contributed by atoms with Gasteiger partial charge in [0, 0.05) is 18.3 Å². The van der Waals surface area contributed by atoms with Crippen LogP contribution in [0.25, 0.3) is 0 Å². The molecule has 4 heteroatoms. The predicted octanol–water partition coefficient (Wildman–Crippen LogP) is 2.06. The van der Waals surface area contributed by atoms with Gasteiger partial charge in [0.25, 0.3) is 0 Å². The fourth-order valence-electron chi connectivity index (χ4n) is 2.23. The third kappa shape index (κ3) is 2.81. The van der Waals surface area contributed by atoms with Crippen molar-refractivity contribution in [3.05, 3.63) is 16.1 Å². The van der Waals surface area contributed by atoms with Gasteiger partial charge >= 0.3 is 0 Å². The van der Waals surface area contributed by atoms with Crippen LogP contribution in [-0.4, -0.2) is 37.1 Å². The molecule has 1 saturated heterocycles. The molecule has 1 atom stereocenters. The van der Waals surface area contributed by atoms with Crippen molar-refractivity contribution in [3.63, 3.8) is 0 Å². The van der Waals surface area contributed by atoms with Crippen LogP contribution in [0.4, 0.5) is 0 Å². The molecule has 1 aromatic heterocycles. The normalized spacial score (nSPS) is 22.5. The number of piperidine rings is 1. The summed E-state index contributed by atoms with van der Waals surface area (Å²) in [6.45, 7) is 2.24. The summed E-state index contributed by atoms with van der Waals surface area (Å²) < 4.78 is 0. The highest BCUT2D eigenvalue weighted by Crippen LogP contribution is 2.31. The van der Waals surface area contributed by atoms with Crippen molar-refractivity contribution in [2.75, 3.05) is 27.2 Å². The molecule has 0 bridgehead atoms. The van der Waals surface area contributed by atoms with E-state index in [1.165, 1.54) is 36.5 Å². The molecule has 16 heavy (non-hydrogen) atoms. The van der Waals surface area contributed by atoms with Gasteiger partial charge in [-0.3, -0.25) is 4.90 Å². The van der Waals surface area contributed by atoms with Crippen LogP contribution in [0.15, 0.2) is 5.38 Å². The summed E-state index contributed by atoms with van der Waals surface area (Å²) in [5.74, 6) is 0. The van der Waals surface area contributed by atoms with Gasteiger partial charge in [0.15, 0.2) is 0 Å². The van der Waals surface area contributed by atoms with Crippen molar-refractivity contribution in [3.8, 4) is 0 Å². The molecule has 2 rings (SSSR count). The zero-order valence-electron chi connectivity index (χ0n) is 10.2. The van der Waals surface area contributed by atoms with E-state index in [-0.39, 0.29) is 0 Å². The Labute approximate surface area is 102 Å². The first-order valence-corrected chi connectivity index (χ1v) is 6.98. The van der Waals surface area contributed by atoms with Crippen molar-refractivity contribution < 1.29 is 0 Å². The number of hydrogen-bond acceptors (Lipinski definition) is 4. The highest BCUT2D eigenvalue weighted by atomic mass is 32.1. The highest BCUT2D eigenvalue weighted by Gasteiger charge is 2.23. The van der Waals surface area contributed by atoms with Gasteiger partial charge in [0.2, 0.25) is 0 Å². The van der Waals surface area contributed by atoms with Crippen molar-refractivity contribution in [2.45, 2.75) is 31.7 Å². The molecule has 1 aliphatic heterocycles. The molecule has 0 saturated carbocycles. The second kappa shape index (κ2) is 5.75. The Morgan fingerprint density at radius 3 is 3.19 bits per heavy atom. The lowest BCUT2D eigenvalue weighted by molar-refractivity contribution is 0.187. The maximum atomic E-state index is 4.76. The highest BCUT2D eigenvalue weighted by molar-refractivity contribution is 7.09. The maximum absolute atomic E-state index is 4.76. The van der Waals surface area contributed by atoms with E-state index < -0.39 is 0 Å². The van der Waals surface area contributed by atoms with Gasteiger partial charge in [-0.1, -0.05) is 6.42 Å². The summed E-state index contributed by atoms with van der Waals surface area (Å²) in [5.41, 5.74) is 1.24. The SMILES string of the molecule is CNCCc1csc(C2CCCCN2C)n1. The fraction of sp³-hybridized carbons (Fsp3) is 0.750. The maximum Gasteiger partial charge on any atom is 0.110 e. The van der Waals surface area contributed by atoms with Crippen molar-refractivity contribution in [2.24, 2.45) is 0 Å². The first-order chi connectivity index (χ1) is 7.81. The molecule has 1 fully saturated rings. The van der Waals surface area contributed by atoms with E-state index in [0.717, 1.165) is 13.0 Å². The molecular weight excluding hydrogens is 218 g/mol. The monoisotopic (exact) mass is 239 g/mol. The minimum Gasteiger partial charge on any atom is -0.319 e. The van der Waals surface area contributed by atoms with Crippen LogP contribution in [0.5, 0.6) is 0 Å². The third-order valence-corrected chi connectivity index (χ3v) is 4.25. The average Bonchev–Trinajstić information content (AvgIpc) is 2.75. The number of nitrogens with zero attached hydrogens (tertiary/aromatic N) is 2. The second-order valence-corrected chi connectivity index (χ2v) is 5.41. The van der Waals surface area contributed by atoms with Crippen LogP contribution in [0.3, 0.4) is 0 Å². The van der Waals surface area contributed by atoms with E-state index in [0.29, 0.717) is 6.04 Å². The van der Waals surface area contributed by atoms with Crippen LogP contribution >= 0.6 is 11.3 Å². The number of thiazole rings is 1. The Bertz CT molecular complexity index is 324. The number of nitrogens with one attached hydrogen (secondary N) is 1. The zero-order chi connectivity index (χ0) is 11.4. The topological polar surface area (TPSA) is 28.2 Å². The Morgan fingerprint density at radius 1 is 1.56 bits per heavy atom. The molecular formula is C12H21N3S. The van der Waals surface area contributed by atoms with Crippen molar-refractivity contribution in [1.82, 2.24) is 15.2 Å². The molecule has 90 valence electrons. The summed E-state index contributed by atoms with van der Waals surface area (Å²) in [6.07, 6.45) is 5.00. The third-order valence-electron chi connectivity index (χ3n) is 3.26. The van der Waals surface area contributed by atoms with E-state index in [9.17, 15) is 0 Å². The van der Waals surface area contributed by atoms with Crippen molar-refractivity contribution >= 4 is 11.3 Å². The van der Waals surface area contributed by atoms with E-state index in [4.69, 9.17) is 4.98 Å². The van der Waals surface area contributed by atoms with Gasteiger partial charge in [-0.05, 0) is 33.5 Å². The first kappa shape index (κ1) is 12.0. The summed E-state index contributed by atoms with van der Waals surface area (Å²) in [5, 5.41) is 6.70. The Balaban J connectivity index is 1.99. The average molecular weight is 239 g/mol. The number of likely N-dealkylation sites (N-methyl/N-ethyl adjacent to an activating group) is 1. The summed E-state index contributed by atoms with van der Waals surface area (Å²) in [7, 11) is 4.21. The van der Waals surface area contributed by atoms with Gasteiger partial charge in [-0.25, -0.2) is 4.98 Å². The van der Waals surface area contributed by atoms with Gasteiger partial charge in [-0.15, -0.1) is 11.3 Å². The number of aromatic nitrogens is 1. The largest absolute Gasteiger partial charge is 0.319 e. The molecule has 0 radical (unpaired) electrons. The van der Waals surface area contributed by atoms with Crippen molar-refractivity contribution in [1.29, 1.82) is 0 Å². The van der Waals surface area contributed by atoms with Gasteiger partial charge in [0.1, 0.15) is 5.01 Å². The van der Waals surface area contributed by atoms with Gasteiger partial charge < -0.3 is 5.32 Å². The summed E-state index contributed by atoms with van der Waals surface area (Å²) >= 11 is 1.83. The smallest absolute Gasteiger partial charge is 0.110 e. The van der Waals surface area contributed by atoms with Crippen LogP contribution < -0.4 is 5.32 Å². The molecule has 1 unspecified atom stereocenters. The molecule has 2 heterocycles. The van der Waals surface area contributed by atoms with E-state index in [2.05, 4.69) is 22.6 Å². The second-order valence-electron chi connectivity index (χ2n) is 4.52. The molecule has 3 nitrogen and oxygen atoms in total. The number of likely N-dealkylation sites (tertiary alicyclic amines) is 1. The molecule has 1 aliphatic rings. The van der Waals surface area contributed by atoms with Crippen LogP contribution in [0.1, 0.15) is 36.0 Å². The minimum atomic E-state index is 0.571. The first-order valence-electron chi connectivity index (χ1n) is 6.10. The molecule has 1 aromatic rings. The lowest BCUT2D eigenvalue weighted by Gasteiger charge is -2.30. The Hall–Kier alpha value is -0.450. The quantitative estimate of drug-likeness (QED) is 0.872. The minimum absolute atomic E-state index is 0.571. The molecule has 1 N–H and O–H groups in total. The van der Waals surface area contributed by atoms with Gasteiger partial charge in [-0.2, -0.15) is 0 Å². The molecule has 0 aromatic carbocycles. The van der Waals surface area contributed by atoms with Crippen LogP contribution in [0, 0.1) is 0 Å². The lowest BCUT2D eigenvalue weighted by atomic mass is 10.0. The van der Waals surface area contributed by atoms with E-state index in [1.807, 2.05) is 18.4 Å². The van der Waals surface area contributed by atoms with Gasteiger partial charge in [0.05, 0.1) is 11.7 Å². The zero-order valence-corrected chi connectivity index (χ0v) is 11.0. The predicted molar refractivity (Wildman–Crippen MR) is 69.0 cm³/mol. The summed E-state index contributed by atoms with van der Waals surface area (Å²) in [6, 6.07) is 0.571. The standard InChI is InChI=1S/C12H21N3S/c1-13-7-6-10-9-16-12(14-10)11-5-3-4-8-15(11)2/h9,11,13H,3-8H2,1-2H3.